The molecule has 0 aromatic carbocycles. The molecule has 2 N–H and O–H groups in total. The molecule has 1 saturated heterocycles. The Morgan fingerprint density at radius 1 is 1.47 bits per heavy atom. The van der Waals surface area contributed by atoms with Crippen molar-refractivity contribution in [2.24, 2.45) is 5.92 Å². The highest BCUT2D eigenvalue weighted by molar-refractivity contribution is 5.96. The van der Waals surface area contributed by atoms with Crippen LogP contribution in [0.25, 0.3) is 0 Å². The van der Waals surface area contributed by atoms with E-state index in [1.807, 2.05) is 4.90 Å². The van der Waals surface area contributed by atoms with Gasteiger partial charge >= 0.3 is 0 Å². The Bertz CT molecular complexity index is 403. The first-order valence-corrected chi connectivity index (χ1v) is 5.14. The number of likely N-dealkylation sites (tertiary alicyclic amines) is 1. The van der Waals surface area contributed by atoms with Crippen LogP contribution in [0.3, 0.4) is 0 Å². The third-order valence-corrected chi connectivity index (χ3v) is 3.39. The molecular weight excluding hydrogens is 196 g/mol. The Hall–Kier alpha value is -1.59. The number of amides is 1. The van der Waals surface area contributed by atoms with E-state index in [4.69, 9.17) is 5.73 Å². The van der Waals surface area contributed by atoms with Gasteiger partial charge in [0.05, 0.1) is 0 Å². The lowest BCUT2D eigenvalue weighted by atomic mass is 10.1. The number of hydrogen-bond donors (Lipinski definition) is 1. The van der Waals surface area contributed by atoms with Crippen LogP contribution in [0, 0.1) is 5.92 Å². The van der Waals surface area contributed by atoms with Crippen LogP contribution in [-0.4, -0.2) is 33.7 Å². The number of hydrogen-bond acceptors (Lipinski definition) is 5. The summed E-state index contributed by atoms with van der Waals surface area (Å²) in [6.07, 6.45) is 3.46. The van der Waals surface area contributed by atoms with Crippen molar-refractivity contribution in [2.45, 2.75) is 25.3 Å². The van der Waals surface area contributed by atoms with Crippen LogP contribution < -0.4 is 5.73 Å². The molecule has 6 heteroatoms. The van der Waals surface area contributed by atoms with Gasteiger partial charge in [0.2, 0.25) is 11.5 Å². The maximum Gasteiger partial charge on any atom is 0.280 e. The van der Waals surface area contributed by atoms with Gasteiger partial charge in [0, 0.05) is 12.6 Å². The summed E-state index contributed by atoms with van der Waals surface area (Å²) < 4.78 is 4.43. The highest BCUT2D eigenvalue weighted by Gasteiger charge is 2.41. The lowest BCUT2D eigenvalue weighted by molar-refractivity contribution is 0.0693. The number of fused-ring (bicyclic) bond motifs is 2. The number of aromatic nitrogens is 2. The van der Waals surface area contributed by atoms with E-state index >= 15 is 0 Å². The van der Waals surface area contributed by atoms with Crippen molar-refractivity contribution in [3.63, 3.8) is 0 Å². The molecule has 1 aliphatic carbocycles. The van der Waals surface area contributed by atoms with Gasteiger partial charge in [0.1, 0.15) is 0 Å². The van der Waals surface area contributed by atoms with Gasteiger partial charge in [-0.25, -0.2) is 4.63 Å². The smallest absolute Gasteiger partial charge is 0.280 e. The van der Waals surface area contributed by atoms with Crippen LogP contribution in [0.1, 0.15) is 29.8 Å². The summed E-state index contributed by atoms with van der Waals surface area (Å²) in [5, 5.41) is 6.96. The molecule has 0 radical (unpaired) electrons. The third kappa shape index (κ3) is 1.20. The molecule has 2 atom stereocenters. The molecule has 15 heavy (non-hydrogen) atoms. The molecule has 2 heterocycles. The third-order valence-electron chi connectivity index (χ3n) is 3.39. The lowest BCUT2D eigenvalue weighted by Crippen LogP contribution is -2.38. The van der Waals surface area contributed by atoms with E-state index in [1.54, 1.807) is 0 Å². The van der Waals surface area contributed by atoms with Crippen LogP contribution in [-0.2, 0) is 0 Å². The largest absolute Gasteiger partial charge is 0.379 e. The van der Waals surface area contributed by atoms with E-state index in [-0.39, 0.29) is 17.4 Å². The van der Waals surface area contributed by atoms with Gasteiger partial charge in [0.15, 0.2) is 0 Å². The molecule has 2 bridgehead atoms. The number of carbonyl (C=O) groups excluding carboxylic acids is 1. The number of anilines is 1. The summed E-state index contributed by atoms with van der Waals surface area (Å²) in [4.78, 5) is 13.9. The highest BCUT2D eigenvalue weighted by atomic mass is 16.6. The van der Waals surface area contributed by atoms with E-state index < -0.39 is 0 Å². The first-order valence-electron chi connectivity index (χ1n) is 5.14. The van der Waals surface area contributed by atoms with Gasteiger partial charge in [-0.15, -0.1) is 0 Å². The summed E-state index contributed by atoms with van der Waals surface area (Å²) in [5.41, 5.74) is 5.65. The number of piperidine rings is 1. The van der Waals surface area contributed by atoms with Crippen molar-refractivity contribution < 1.29 is 9.42 Å². The van der Waals surface area contributed by atoms with Crippen molar-refractivity contribution in [1.29, 1.82) is 0 Å². The molecule has 1 amide bonds. The van der Waals surface area contributed by atoms with Crippen LogP contribution in [0.15, 0.2) is 4.63 Å². The Kier molecular flexibility index (Phi) is 1.71. The summed E-state index contributed by atoms with van der Waals surface area (Å²) in [6, 6.07) is 0.374. The number of rotatable bonds is 1. The monoisotopic (exact) mass is 208 g/mol. The molecule has 1 aromatic heterocycles. The molecule has 6 nitrogen and oxygen atoms in total. The van der Waals surface area contributed by atoms with Crippen LogP contribution in [0.2, 0.25) is 0 Å². The minimum absolute atomic E-state index is 0.0859. The summed E-state index contributed by atoms with van der Waals surface area (Å²) in [6.45, 7) is 0.829. The zero-order chi connectivity index (χ0) is 10.4. The van der Waals surface area contributed by atoms with Crippen LogP contribution >= 0.6 is 0 Å². The Balaban J connectivity index is 1.84. The number of nitrogen functional groups attached to an aromatic ring is 1. The minimum atomic E-state index is -0.138. The van der Waals surface area contributed by atoms with Gasteiger partial charge in [-0.3, -0.25) is 4.79 Å². The van der Waals surface area contributed by atoms with Gasteiger partial charge in [-0.1, -0.05) is 0 Å². The Morgan fingerprint density at radius 2 is 2.33 bits per heavy atom. The molecule has 80 valence electrons. The Labute approximate surface area is 86.4 Å². The zero-order valence-electron chi connectivity index (χ0n) is 8.22. The van der Waals surface area contributed by atoms with Crippen molar-refractivity contribution in [3.05, 3.63) is 5.69 Å². The lowest BCUT2D eigenvalue weighted by Gasteiger charge is -2.25. The minimum Gasteiger partial charge on any atom is -0.379 e. The first-order chi connectivity index (χ1) is 7.25. The first kappa shape index (κ1) is 8.70. The zero-order valence-corrected chi connectivity index (χ0v) is 8.22. The van der Waals surface area contributed by atoms with Crippen LogP contribution in [0.4, 0.5) is 5.82 Å². The molecule has 2 aliphatic rings. The summed E-state index contributed by atoms with van der Waals surface area (Å²) >= 11 is 0. The van der Waals surface area contributed by atoms with E-state index in [0.717, 1.165) is 19.4 Å². The van der Waals surface area contributed by atoms with E-state index in [2.05, 4.69) is 14.9 Å². The number of carbonyl (C=O) groups is 1. The standard InChI is InChI=1S/C9H12N4O2/c10-8-7(11-15-12-8)9(14)13-4-5-1-2-6(13)3-5/h5-6H,1-4H2,(H2,10,12). The predicted molar refractivity (Wildman–Crippen MR) is 50.9 cm³/mol. The summed E-state index contributed by atoms with van der Waals surface area (Å²) in [7, 11) is 0. The molecule has 2 fully saturated rings. The van der Waals surface area contributed by atoms with Crippen molar-refractivity contribution in [2.75, 3.05) is 12.3 Å². The van der Waals surface area contributed by atoms with E-state index in [9.17, 15) is 4.79 Å². The molecule has 3 rings (SSSR count). The van der Waals surface area contributed by atoms with Gasteiger partial charge in [-0.2, -0.15) is 0 Å². The Morgan fingerprint density at radius 3 is 2.87 bits per heavy atom. The van der Waals surface area contributed by atoms with E-state index in [0.29, 0.717) is 12.0 Å². The molecule has 2 unspecified atom stereocenters. The second kappa shape index (κ2) is 2.95. The fourth-order valence-electron chi connectivity index (χ4n) is 2.65. The molecule has 1 saturated carbocycles. The van der Waals surface area contributed by atoms with Gasteiger partial charge in [0.25, 0.3) is 5.91 Å². The molecule has 1 aromatic rings. The molecule has 1 aliphatic heterocycles. The average Bonchev–Trinajstić information content (AvgIpc) is 2.91. The normalized spacial score (nSPS) is 28.7. The second-order valence-corrected chi connectivity index (χ2v) is 4.29. The molecular formula is C9H12N4O2. The topological polar surface area (TPSA) is 85.2 Å². The number of nitrogens with two attached hydrogens (primary N) is 1. The summed E-state index contributed by atoms with van der Waals surface area (Å²) in [5.74, 6) is 0.615. The second-order valence-electron chi connectivity index (χ2n) is 4.29. The maximum absolute atomic E-state index is 12.0. The molecule has 0 spiro atoms. The van der Waals surface area contributed by atoms with E-state index in [1.165, 1.54) is 6.42 Å². The van der Waals surface area contributed by atoms with Gasteiger partial charge in [-0.05, 0) is 35.5 Å². The predicted octanol–water partition coefficient (Wildman–Crippen LogP) is 0.276. The van der Waals surface area contributed by atoms with Crippen LogP contribution in [0.5, 0.6) is 0 Å². The fraction of sp³-hybridized carbons (Fsp3) is 0.667. The highest BCUT2D eigenvalue weighted by Crippen LogP contribution is 2.38. The van der Waals surface area contributed by atoms with Gasteiger partial charge < -0.3 is 10.6 Å². The quantitative estimate of drug-likeness (QED) is 0.716. The number of nitrogens with zero attached hydrogens (tertiary/aromatic N) is 3. The van der Waals surface area contributed by atoms with Crippen molar-refractivity contribution in [3.8, 4) is 0 Å². The van der Waals surface area contributed by atoms with Crippen molar-refractivity contribution in [1.82, 2.24) is 15.2 Å². The van der Waals surface area contributed by atoms with Crippen molar-refractivity contribution >= 4 is 11.7 Å². The average molecular weight is 208 g/mol. The fourth-order valence-corrected chi connectivity index (χ4v) is 2.65. The SMILES string of the molecule is Nc1nonc1C(=O)N1CC2CCC1C2. The maximum atomic E-state index is 12.0.